The maximum absolute atomic E-state index is 12.6. The van der Waals surface area contributed by atoms with E-state index in [2.05, 4.69) is 4.98 Å². The Kier molecular flexibility index (Phi) is 6.05. The number of aryl methyl sites for hydroxylation is 1. The number of carbonyl (C=O) groups excluding carboxylic acids is 1. The van der Waals surface area contributed by atoms with E-state index in [1.807, 2.05) is 43.3 Å². The molecule has 0 N–H and O–H groups in total. The summed E-state index contributed by atoms with van der Waals surface area (Å²) < 4.78 is 16.5. The van der Waals surface area contributed by atoms with Gasteiger partial charge in [0.15, 0.2) is 0 Å². The van der Waals surface area contributed by atoms with E-state index in [4.69, 9.17) is 17.7 Å². The summed E-state index contributed by atoms with van der Waals surface area (Å²) in [6, 6.07) is 12.9. The van der Waals surface area contributed by atoms with Gasteiger partial charge >= 0.3 is 131 Å². The third-order valence-electron chi connectivity index (χ3n) is 4.08. The zero-order valence-corrected chi connectivity index (χ0v) is 24.4. The second-order valence-electron chi connectivity index (χ2n) is 5.88. The molecule has 2 aromatic carbocycles. The molecule has 8 heteroatoms. The molecule has 0 radical (unpaired) electrons. The summed E-state index contributed by atoms with van der Waals surface area (Å²) in [7, 11) is 0. The molecule has 1 heterocycles. The number of Topliss-reactive ketones (excluding diaryl/α,β-unsaturated/α-hetero) is 1. The molecule has 0 saturated carbocycles. The second-order valence-corrected chi connectivity index (χ2v) is 7.74. The molecule has 0 aliphatic rings. The summed E-state index contributed by atoms with van der Waals surface area (Å²) in [5.74, 6) is 2.56. The van der Waals surface area contributed by atoms with Gasteiger partial charge < -0.3 is 4.74 Å². The molecule has 6 nitrogen and oxygen atoms in total. The van der Waals surface area contributed by atoms with Gasteiger partial charge in [0, 0.05) is 0 Å². The van der Waals surface area contributed by atoms with E-state index >= 15 is 0 Å². The second kappa shape index (κ2) is 8.85. The van der Waals surface area contributed by atoms with Crippen molar-refractivity contribution in [3.05, 3.63) is 60.0 Å². The summed E-state index contributed by atoms with van der Waals surface area (Å²) in [5, 5.41) is 5.53. The molecule has 3 rings (SSSR count). The van der Waals surface area contributed by atoms with Gasteiger partial charge in [-0.2, -0.15) is 0 Å². The quantitative estimate of drug-likeness (QED) is 0.302. The molecule has 141 valence electrons. The summed E-state index contributed by atoms with van der Waals surface area (Å²) in [6.07, 6.45) is 2.42. The van der Waals surface area contributed by atoms with Crippen LogP contribution in [0.2, 0.25) is 0 Å². The number of ether oxygens (including phenoxy) is 1. The van der Waals surface area contributed by atoms with Gasteiger partial charge in [0.05, 0.1) is 6.61 Å². The number of benzene rings is 2. The topological polar surface area (TPSA) is 70.8 Å². The van der Waals surface area contributed by atoms with Gasteiger partial charge in [-0.3, -0.25) is 0 Å². The average molecular weight is 805 g/mol. The van der Waals surface area contributed by atoms with Crippen LogP contribution in [0.4, 0.5) is 0 Å². The van der Waals surface area contributed by atoms with E-state index in [-0.39, 0.29) is 5.78 Å². The molecule has 0 unspecified atom stereocenters. The van der Waals surface area contributed by atoms with E-state index in [1.165, 1.54) is 19.6 Å². The Morgan fingerprint density at radius 2 is 2.00 bits per heavy atom. The van der Waals surface area contributed by atoms with Crippen LogP contribution in [0.1, 0.15) is 29.4 Å². The maximum atomic E-state index is 12.6. The molecule has 28 heavy (non-hydrogen) atoms. The van der Waals surface area contributed by atoms with Gasteiger partial charge in [0.1, 0.15) is 0 Å². The van der Waals surface area contributed by atoms with Gasteiger partial charge in [0.25, 0.3) is 0 Å². The molecule has 0 saturated heterocycles. The van der Waals surface area contributed by atoms with E-state index in [1.54, 1.807) is 12.3 Å². The van der Waals surface area contributed by atoms with Crippen molar-refractivity contribution in [2.24, 2.45) is 0 Å². The Morgan fingerprint density at radius 1 is 1.18 bits per heavy atom. The molecular weight excluding hydrogens is 787 g/mol. The Bertz CT molecular complexity index is 959. The van der Waals surface area contributed by atoms with Crippen LogP contribution in [0.3, 0.4) is 0 Å². The number of carbonyl (C=O) groups is 1. The number of hydrogen-bond acceptors (Lipinski definition) is 6. The number of rotatable bonds is 9. The van der Waals surface area contributed by atoms with E-state index in [0.717, 1.165) is 11.3 Å². The van der Waals surface area contributed by atoms with E-state index in [9.17, 15) is 4.79 Å². The normalized spacial score (nSPS) is 10.6. The number of oxazole rings is 1. The molecule has 0 aliphatic carbocycles. The summed E-state index contributed by atoms with van der Waals surface area (Å²) in [6.45, 7) is 2.42. The van der Waals surface area contributed by atoms with Gasteiger partial charge in [-0.1, -0.05) is 12.1 Å². The Morgan fingerprint density at radius 3 is 2.75 bits per heavy atom. The SMILES string of the molecule is CCOc1ccccc1C(=O)CCc1coc(-c2ccc([O][Re])c([O][Rf])c2)n1. The van der Waals surface area contributed by atoms with Crippen LogP contribution in [0.5, 0.6) is 17.2 Å². The van der Waals surface area contributed by atoms with Crippen molar-refractivity contribution in [1.82, 2.24) is 4.98 Å². The molecule has 3 aromatic rings. The first-order valence-electron chi connectivity index (χ1n) is 8.70. The Labute approximate surface area is 168 Å². The van der Waals surface area contributed by atoms with Crippen molar-refractivity contribution in [2.45, 2.75) is 19.8 Å². The van der Waals surface area contributed by atoms with Crippen molar-refractivity contribution in [3.63, 3.8) is 0 Å². The molecule has 1 aromatic heterocycles. The van der Waals surface area contributed by atoms with Crippen LogP contribution < -0.4 is 13.3 Å². The van der Waals surface area contributed by atoms with E-state index < -0.39 is 0 Å². The van der Waals surface area contributed by atoms with Crippen LogP contribution in [-0.2, 0) is 26.0 Å². The third kappa shape index (κ3) is 4.20. The van der Waals surface area contributed by atoms with Gasteiger partial charge in [-0.15, -0.1) is 0 Å². The summed E-state index contributed by atoms with van der Waals surface area (Å²) in [5.41, 5.74) is 2.14. The molecule has 0 atom stereocenters. The fourth-order valence-corrected chi connectivity index (χ4v) is 4.21. The van der Waals surface area contributed by atoms with Crippen LogP contribution in [0.15, 0.2) is 53.1 Å². The van der Waals surface area contributed by atoms with Crippen LogP contribution in [0.25, 0.3) is 11.5 Å². The first kappa shape index (κ1) is 19.2. The zero-order chi connectivity index (χ0) is 19.9. The number of nitrogens with zero attached hydrogens (tertiary/aromatic N) is 1. The van der Waals surface area contributed by atoms with Gasteiger partial charge in [-0.05, 0) is 13.0 Å². The number of aromatic nitrogens is 1. The molecule has 0 fully saturated rings. The summed E-state index contributed by atoms with van der Waals surface area (Å²) >= 11 is 1.21. The van der Waals surface area contributed by atoms with Crippen molar-refractivity contribution >= 4 is 5.78 Å². The molecular formula is C20H17NO5ReRf. The zero-order valence-electron chi connectivity index (χ0n) is 15.3. The fraction of sp³-hybridized carbons (Fsp3) is 0.200. The van der Waals surface area contributed by atoms with Gasteiger partial charge in [-0.25, -0.2) is 0 Å². The standard InChI is InChI=1S/C20H19NO5.Re.Rf/c1-2-25-19-6-4-3-5-15(19)16(22)10-8-14-12-26-20(21-14)13-7-9-17(23)18(24)11-13;;/h3-7,9,11-12,23-24H,2,8,10H2,1H3;;/q;2*+1/p-2. The van der Waals surface area contributed by atoms with Crippen LogP contribution >= 0.6 is 0 Å². The number of ketones is 1. The Balaban J connectivity index is 1.69. The van der Waals surface area contributed by atoms with Crippen molar-refractivity contribution in [1.29, 1.82) is 0 Å². The monoisotopic (exact) mass is 805 g/mol. The van der Waals surface area contributed by atoms with Crippen molar-refractivity contribution in [3.8, 4) is 28.7 Å². The first-order valence-corrected chi connectivity index (χ1v) is 12.4. The number of hydrogen-bond donors (Lipinski definition) is 0. The summed E-state index contributed by atoms with van der Waals surface area (Å²) in [4.78, 5) is 17.1. The predicted molar refractivity (Wildman–Crippen MR) is 93.5 cm³/mol. The van der Waals surface area contributed by atoms with Crippen LogP contribution in [0, 0.1) is 0 Å². The number of para-hydroxylation sites is 1. The third-order valence-corrected chi connectivity index (χ3v) is 6.08. The van der Waals surface area contributed by atoms with Crippen molar-refractivity contribution < 1.29 is 42.1 Å². The van der Waals surface area contributed by atoms with Crippen LogP contribution in [-0.4, -0.2) is 17.4 Å². The molecule has 0 aliphatic heterocycles. The average Bonchev–Trinajstić information content (AvgIpc) is 3.21. The molecule has 0 bridgehead atoms. The van der Waals surface area contributed by atoms with E-state index in [0.29, 0.717) is 48.2 Å². The van der Waals surface area contributed by atoms with Crippen molar-refractivity contribution in [2.75, 3.05) is 6.61 Å². The minimum atomic E-state index is 0.0221. The fourth-order valence-electron chi connectivity index (χ4n) is 2.73. The minimum absolute atomic E-state index is 0.0221. The predicted octanol–water partition coefficient (Wildman–Crippen LogP) is 4.24. The molecule has 0 spiro atoms. The first-order chi connectivity index (χ1) is 13.7. The Hall–Kier alpha value is -3.62. The van der Waals surface area contributed by atoms with Gasteiger partial charge in [0.2, 0.25) is 0 Å². The molecule has 0 amide bonds.